The normalized spacial score (nSPS) is 17.7. The smallest absolute Gasteiger partial charge is 0.160 e. The highest BCUT2D eigenvalue weighted by Crippen LogP contribution is 2.35. The predicted octanol–water partition coefficient (Wildman–Crippen LogP) is 5.44. The number of phenols is 1. The Morgan fingerprint density at radius 2 is 1.93 bits per heavy atom. The fourth-order valence-electron chi connectivity index (χ4n) is 4.14. The van der Waals surface area contributed by atoms with Crippen LogP contribution in [-0.4, -0.2) is 29.0 Å². The summed E-state index contributed by atoms with van der Waals surface area (Å²) >= 11 is 0. The summed E-state index contributed by atoms with van der Waals surface area (Å²) in [6.45, 7) is 7.47. The number of nitrogens with two attached hydrogens (primary N) is 1. The molecular formula is C25H43NO3. The van der Waals surface area contributed by atoms with Crippen molar-refractivity contribution in [1.82, 2.24) is 0 Å². The van der Waals surface area contributed by atoms with Gasteiger partial charge in [-0.25, -0.2) is 0 Å². The monoisotopic (exact) mass is 405 g/mol. The Labute approximate surface area is 177 Å². The Bertz CT molecular complexity index is 600. The molecule has 2 atom stereocenters. The van der Waals surface area contributed by atoms with Gasteiger partial charge in [0.2, 0.25) is 0 Å². The number of benzene rings is 1. The van der Waals surface area contributed by atoms with Crippen molar-refractivity contribution in [3.8, 4) is 11.5 Å². The highest BCUT2D eigenvalue weighted by Gasteiger charge is 2.30. The highest BCUT2D eigenvalue weighted by atomic mass is 16.5. The maximum atomic E-state index is 10.3. The third-order valence-corrected chi connectivity index (χ3v) is 6.52. The SMILES string of the molecule is CC(C)CCCC(C)CCOc1ccc(CCC(N)(CO)CC2CCC2)cc1O. The van der Waals surface area contributed by atoms with Crippen molar-refractivity contribution in [2.24, 2.45) is 23.5 Å². The first-order chi connectivity index (χ1) is 13.8. The van der Waals surface area contributed by atoms with Crippen LogP contribution in [0.3, 0.4) is 0 Å². The minimum Gasteiger partial charge on any atom is -0.504 e. The van der Waals surface area contributed by atoms with Gasteiger partial charge >= 0.3 is 0 Å². The first-order valence-electron chi connectivity index (χ1n) is 11.7. The quantitative estimate of drug-likeness (QED) is 0.385. The Morgan fingerprint density at radius 1 is 1.17 bits per heavy atom. The standard InChI is InChI=1S/C25H43NO3/c1-19(2)6-4-7-20(3)13-15-29-24-11-10-21(16-23(24)28)12-14-25(26,18-27)17-22-8-5-9-22/h10-11,16,19-20,22,27-28H,4-9,12-15,17-18,26H2,1-3H3. The van der Waals surface area contributed by atoms with Crippen LogP contribution in [0, 0.1) is 17.8 Å². The van der Waals surface area contributed by atoms with Crippen LogP contribution >= 0.6 is 0 Å². The summed E-state index contributed by atoms with van der Waals surface area (Å²) in [4.78, 5) is 0. The number of aliphatic hydroxyl groups is 1. The Balaban J connectivity index is 1.74. The molecule has 0 bridgehead atoms. The summed E-state index contributed by atoms with van der Waals surface area (Å²) < 4.78 is 5.82. The van der Waals surface area contributed by atoms with Crippen molar-refractivity contribution < 1.29 is 14.9 Å². The van der Waals surface area contributed by atoms with Crippen LogP contribution in [-0.2, 0) is 6.42 Å². The Kier molecular flexibility index (Phi) is 9.78. The molecule has 1 aliphatic carbocycles. The molecule has 0 aromatic heterocycles. The number of rotatable bonds is 14. The van der Waals surface area contributed by atoms with Crippen LogP contribution in [0.1, 0.15) is 84.1 Å². The van der Waals surface area contributed by atoms with Crippen LogP contribution in [0.4, 0.5) is 0 Å². The van der Waals surface area contributed by atoms with Crippen molar-refractivity contribution in [3.63, 3.8) is 0 Å². The summed E-state index contributed by atoms with van der Waals surface area (Å²) in [7, 11) is 0. The number of phenolic OH excluding ortho intramolecular Hbond substituents is 1. The van der Waals surface area contributed by atoms with Gasteiger partial charge in [0.15, 0.2) is 11.5 Å². The number of hydrogen-bond donors (Lipinski definition) is 3. The van der Waals surface area contributed by atoms with Gasteiger partial charge in [-0.2, -0.15) is 0 Å². The van der Waals surface area contributed by atoms with E-state index in [1.165, 1.54) is 38.5 Å². The van der Waals surface area contributed by atoms with E-state index in [1.54, 1.807) is 6.07 Å². The molecule has 1 aliphatic rings. The fraction of sp³-hybridized carbons (Fsp3) is 0.760. The molecule has 0 radical (unpaired) electrons. The molecule has 2 unspecified atom stereocenters. The first kappa shape index (κ1) is 24.0. The molecule has 0 heterocycles. The zero-order valence-electron chi connectivity index (χ0n) is 18.8. The van der Waals surface area contributed by atoms with Crippen LogP contribution in [0.15, 0.2) is 18.2 Å². The topological polar surface area (TPSA) is 75.7 Å². The number of aliphatic hydroxyl groups excluding tert-OH is 1. The third kappa shape index (κ3) is 8.55. The average Bonchev–Trinajstić information content (AvgIpc) is 2.64. The molecule has 4 nitrogen and oxygen atoms in total. The molecular weight excluding hydrogens is 362 g/mol. The van der Waals surface area contributed by atoms with Crippen molar-refractivity contribution in [3.05, 3.63) is 23.8 Å². The second-order valence-electron chi connectivity index (χ2n) is 9.89. The molecule has 0 saturated heterocycles. The summed E-state index contributed by atoms with van der Waals surface area (Å²) in [5.74, 6) is 2.83. The second kappa shape index (κ2) is 11.8. The maximum Gasteiger partial charge on any atom is 0.160 e. The number of hydrogen-bond acceptors (Lipinski definition) is 4. The Hall–Kier alpha value is -1.26. The van der Waals surface area contributed by atoms with E-state index in [-0.39, 0.29) is 12.4 Å². The van der Waals surface area contributed by atoms with Gasteiger partial charge in [0, 0.05) is 5.54 Å². The van der Waals surface area contributed by atoms with Crippen LogP contribution in [0.5, 0.6) is 11.5 Å². The van der Waals surface area contributed by atoms with Gasteiger partial charge in [0.1, 0.15) is 0 Å². The van der Waals surface area contributed by atoms with Gasteiger partial charge in [0.05, 0.1) is 13.2 Å². The van der Waals surface area contributed by atoms with E-state index in [4.69, 9.17) is 10.5 Å². The van der Waals surface area contributed by atoms with Crippen LogP contribution < -0.4 is 10.5 Å². The molecule has 2 rings (SSSR count). The van der Waals surface area contributed by atoms with Crippen LogP contribution in [0.2, 0.25) is 0 Å². The van der Waals surface area contributed by atoms with Crippen molar-refractivity contribution >= 4 is 0 Å². The molecule has 0 spiro atoms. The van der Waals surface area contributed by atoms with Gasteiger partial charge in [-0.05, 0) is 61.1 Å². The van der Waals surface area contributed by atoms with Crippen molar-refractivity contribution in [2.45, 2.75) is 90.5 Å². The van der Waals surface area contributed by atoms with Crippen molar-refractivity contribution in [1.29, 1.82) is 0 Å². The number of ether oxygens (including phenoxy) is 1. The molecule has 166 valence electrons. The van der Waals surface area contributed by atoms with Gasteiger partial charge in [0.25, 0.3) is 0 Å². The molecule has 1 fully saturated rings. The zero-order chi connectivity index (χ0) is 21.3. The van der Waals surface area contributed by atoms with Crippen LogP contribution in [0.25, 0.3) is 0 Å². The lowest BCUT2D eigenvalue weighted by Crippen LogP contribution is -2.46. The third-order valence-electron chi connectivity index (χ3n) is 6.52. The van der Waals surface area contributed by atoms with E-state index in [0.717, 1.165) is 37.2 Å². The minimum atomic E-state index is -0.512. The Morgan fingerprint density at radius 3 is 2.52 bits per heavy atom. The number of aromatic hydroxyl groups is 1. The van der Waals surface area contributed by atoms with E-state index < -0.39 is 5.54 Å². The lowest BCUT2D eigenvalue weighted by molar-refractivity contribution is 0.135. The van der Waals surface area contributed by atoms with E-state index in [2.05, 4.69) is 20.8 Å². The average molecular weight is 406 g/mol. The molecule has 4 heteroatoms. The van der Waals surface area contributed by atoms with Gasteiger partial charge in [-0.3, -0.25) is 0 Å². The van der Waals surface area contributed by atoms with E-state index in [9.17, 15) is 10.2 Å². The molecule has 29 heavy (non-hydrogen) atoms. The van der Waals surface area contributed by atoms with Gasteiger partial charge in [-0.15, -0.1) is 0 Å². The molecule has 0 aliphatic heterocycles. The largest absolute Gasteiger partial charge is 0.504 e. The fourth-order valence-corrected chi connectivity index (χ4v) is 4.14. The van der Waals surface area contributed by atoms with E-state index in [1.807, 2.05) is 12.1 Å². The van der Waals surface area contributed by atoms with E-state index >= 15 is 0 Å². The first-order valence-corrected chi connectivity index (χ1v) is 11.7. The summed E-state index contributed by atoms with van der Waals surface area (Å²) in [6.07, 6.45) is 10.9. The van der Waals surface area contributed by atoms with E-state index in [0.29, 0.717) is 24.2 Å². The summed E-state index contributed by atoms with van der Waals surface area (Å²) in [6, 6.07) is 5.64. The molecule has 0 amide bonds. The molecule has 1 aromatic carbocycles. The highest BCUT2D eigenvalue weighted by molar-refractivity contribution is 5.41. The molecule has 1 saturated carbocycles. The predicted molar refractivity (Wildman–Crippen MR) is 120 cm³/mol. The zero-order valence-corrected chi connectivity index (χ0v) is 18.8. The van der Waals surface area contributed by atoms with Gasteiger partial charge < -0.3 is 20.7 Å². The lowest BCUT2D eigenvalue weighted by Gasteiger charge is -2.35. The summed E-state index contributed by atoms with van der Waals surface area (Å²) in [5, 5.41) is 20.1. The maximum absolute atomic E-state index is 10.3. The van der Waals surface area contributed by atoms with Gasteiger partial charge in [-0.1, -0.05) is 65.4 Å². The minimum absolute atomic E-state index is 0.0199. The lowest BCUT2D eigenvalue weighted by atomic mass is 9.75. The number of aryl methyl sites for hydroxylation is 1. The van der Waals surface area contributed by atoms with Crippen molar-refractivity contribution in [2.75, 3.05) is 13.2 Å². The summed E-state index contributed by atoms with van der Waals surface area (Å²) in [5.41, 5.74) is 6.95. The molecule has 1 aromatic rings. The second-order valence-corrected chi connectivity index (χ2v) is 9.89. The molecule has 4 N–H and O–H groups in total.